The lowest BCUT2D eigenvalue weighted by Gasteiger charge is -2.41. The number of benzene rings is 1. The van der Waals surface area contributed by atoms with Crippen LogP contribution in [0.3, 0.4) is 0 Å². The molecule has 1 aliphatic heterocycles. The van der Waals surface area contributed by atoms with E-state index in [-0.39, 0.29) is 11.9 Å². The summed E-state index contributed by atoms with van der Waals surface area (Å²) < 4.78 is 5.35. The van der Waals surface area contributed by atoms with Crippen molar-refractivity contribution in [1.29, 1.82) is 0 Å². The molecule has 28 heavy (non-hydrogen) atoms. The van der Waals surface area contributed by atoms with Crippen LogP contribution in [0, 0.1) is 11.3 Å². The minimum Gasteiger partial charge on any atom is -0.496 e. The number of hydrogen-bond donors (Lipinski definition) is 2. The van der Waals surface area contributed by atoms with Gasteiger partial charge in [0.25, 0.3) is 5.91 Å². The van der Waals surface area contributed by atoms with Crippen LogP contribution < -0.4 is 15.8 Å². The fourth-order valence-corrected chi connectivity index (χ4v) is 4.61. The van der Waals surface area contributed by atoms with Gasteiger partial charge in [0.15, 0.2) is 0 Å². The second-order valence-corrected chi connectivity index (χ2v) is 9.57. The Morgan fingerprint density at radius 2 is 1.96 bits per heavy atom. The summed E-state index contributed by atoms with van der Waals surface area (Å²) in [6, 6.07) is 3.41. The topological polar surface area (TPSA) is 67.6 Å². The summed E-state index contributed by atoms with van der Waals surface area (Å²) in [7, 11) is 1.54. The Labute approximate surface area is 173 Å². The van der Waals surface area contributed by atoms with Gasteiger partial charge in [0.05, 0.1) is 23.4 Å². The van der Waals surface area contributed by atoms with Crippen molar-refractivity contribution < 1.29 is 9.53 Å². The van der Waals surface area contributed by atoms with Gasteiger partial charge >= 0.3 is 0 Å². The molecule has 0 unspecified atom stereocenters. The zero-order valence-corrected chi connectivity index (χ0v) is 18.1. The van der Waals surface area contributed by atoms with Gasteiger partial charge in [-0.2, -0.15) is 0 Å². The van der Waals surface area contributed by atoms with Gasteiger partial charge in [-0.3, -0.25) is 4.79 Å². The Balaban J connectivity index is 1.66. The maximum Gasteiger partial charge on any atom is 0.255 e. The third kappa shape index (κ3) is 5.12. The molecule has 0 bridgehead atoms. The molecule has 3 N–H and O–H groups in total. The predicted octanol–water partition coefficient (Wildman–Crippen LogP) is 4.34. The lowest BCUT2D eigenvalue weighted by Crippen LogP contribution is -2.48. The van der Waals surface area contributed by atoms with Crippen LogP contribution in [-0.4, -0.2) is 43.6 Å². The number of methoxy groups -OCH3 is 1. The predicted molar refractivity (Wildman–Crippen MR) is 115 cm³/mol. The van der Waals surface area contributed by atoms with Crippen LogP contribution >= 0.6 is 11.6 Å². The summed E-state index contributed by atoms with van der Waals surface area (Å²) in [5, 5.41) is 3.64. The average Bonchev–Trinajstić information content (AvgIpc) is 2.66. The first-order valence-electron chi connectivity index (χ1n) is 10.5. The van der Waals surface area contributed by atoms with Crippen molar-refractivity contribution in [3.8, 4) is 5.75 Å². The molecule has 2 fully saturated rings. The Hall–Kier alpha value is -1.46. The van der Waals surface area contributed by atoms with Crippen LogP contribution in [0.4, 0.5) is 5.69 Å². The summed E-state index contributed by atoms with van der Waals surface area (Å²) in [5.41, 5.74) is 7.17. The Morgan fingerprint density at radius 3 is 2.64 bits per heavy atom. The van der Waals surface area contributed by atoms with Crippen molar-refractivity contribution in [2.75, 3.05) is 32.5 Å². The Kier molecular flexibility index (Phi) is 6.77. The Bertz CT molecular complexity index is 697. The van der Waals surface area contributed by atoms with Gasteiger partial charge in [-0.1, -0.05) is 38.3 Å². The fraction of sp³-hybridized carbons (Fsp3) is 0.682. The highest BCUT2D eigenvalue weighted by Crippen LogP contribution is 2.33. The van der Waals surface area contributed by atoms with E-state index in [4.69, 9.17) is 22.1 Å². The van der Waals surface area contributed by atoms with E-state index in [1.165, 1.54) is 25.7 Å². The van der Waals surface area contributed by atoms with Crippen molar-refractivity contribution in [2.45, 2.75) is 58.4 Å². The molecule has 1 aromatic rings. The molecule has 2 atom stereocenters. The molecule has 1 saturated carbocycles. The molecule has 0 aromatic heterocycles. The van der Waals surface area contributed by atoms with Crippen LogP contribution in [0.15, 0.2) is 12.1 Å². The van der Waals surface area contributed by atoms with E-state index in [0.717, 1.165) is 32.5 Å². The number of carbonyl (C=O) groups is 1. The molecule has 0 spiro atoms. The van der Waals surface area contributed by atoms with Gasteiger partial charge in [0.2, 0.25) is 0 Å². The molecule has 3 rings (SSSR count). The number of nitrogen functional groups attached to an aromatic ring is 1. The zero-order valence-electron chi connectivity index (χ0n) is 17.4. The molecule has 156 valence electrons. The van der Waals surface area contributed by atoms with Crippen LogP contribution in [-0.2, 0) is 0 Å². The highest BCUT2D eigenvalue weighted by Gasteiger charge is 2.32. The summed E-state index contributed by atoms with van der Waals surface area (Å²) in [5.74, 6) is 0.828. The number of rotatable bonds is 5. The quantitative estimate of drug-likeness (QED) is 0.712. The second kappa shape index (κ2) is 8.91. The van der Waals surface area contributed by atoms with Crippen molar-refractivity contribution in [3.05, 3.63) is 22.7 Å². The van der Waals surface area contributed by atoms with E-state index in [9.17, 15) is 4.79 Å². The van der Waals surface area contributed by atoms with Crippen molar-refractivity contribution in [1.82, 2.24) is 10.2 Å². The molecule has 1 amide bonds. The molecule has 1 saturated heterocycles. The number of carbonyl (C=O) groups excluding carboxylic acids is 1. The maximum absolute atomic E-state index is 13.0. The number of halogens is 1. The highest BCUT2D eigenvalue weighted by molar-refractivity contribution is 6.33. The van der Waals surface area contributed by atoms with E-state index in [1.807, 2.05) is 0 Å². The first kappa shape index (κ1) is 21.3. The van der Waals surface area contributed by atoms with Crippen molar-refractivity contribution in [2.24, 2.45) is 11.3 Å². The number of likely N-dealkylation sites (tertiary alicyclic amines) is 1. The molecule has 5 nitrogen and oxygen atoms in total. The standard InChI is InChI=1S/C22H34ClN3O2/c1-22(2)8-10-26(11-9-22)14-15-6-4-5-7-19(15)25-21(27)16-12-17(23)18(24)13-20(16)28-3/h12-13,15,19H,4-11,14,24H2,1-3H3,(H,25,27)/t15-,19-/m1/s1. The van der Waals surface area contributed by atoms with Gasteiger partial charge in [-0.15, -0.1) is 0 Å². The number of nitrogens with zero attached hydrogens (tertiary/aromatic N) is 1. The van der Waals surface area contributed by atoms with Crippen LogP contribution in [0.2, 0.25) is 5.02 Å². The molecule has 0 radical (unpaired) electrons. The second-order valence-electron chi connectivity index (χ2n) is 9.16. The van der Waals surface area contributed by atoms with Gasteiger partial charge < -0.3 is 20.7 Å². The molecule has 1 aliphatic carbocycles. The monoisotopic (exact) mass is 407 g/mol. The molecular formula is C22H34ClN3O2. The van der Waals surface area contributed by atoms with E-state index < -0.39 is 0 Å². The number of nitrogens with two attached hydrogens (primary N) is 1. The number of hydrogen-bond acceptors (Lipinski definition) is 4. The third-order valence-electron chi connectivity index (χ3n) is 6.49. The number of amides is 1. The van der Waals surface area contributed by atoms with Crippen LogP contribution in [0.1, 0.15) is 62.7 Å². The smallest absolute Gasteiger partial charge is 0.255 e. The molecule has 2 aliphatic rings. The van der Waals surface area contributed by atoms with E-state index in [1.54, 1.807) is 19.2 Å². The van der Waals surface area contributed by atoms with Crippen molar-refractivity contribution >= 4 is 23.2 Å². The van der Waals surface area contributed by atoms with E-state index in [0.29, 0.717) is 33.4 Å². The highest BCUT2D eigenvalue weighted by atomic mass is 35.5. The molecule has 6 heteroatoms. The van der Waals surface area contributed by atoms with Gasteiger partial charge in [-0.25, -0.2) is 0 Å². The maximum atomic E-state index is 13.0. The van der Waals surface area contributed by atoms with Crippen LogP contribution in [0.25, 0.3) is 0 Å². The third-order valence-corrected chi connectivity index (χ3v) is 6.82. The summed E-state index contributed by atoms with van der Waals surface area (Å²) >= 11 is 6.14. The lowest BCUT2D eigenvalue weighted by molar-refractivity contribution is 0.0817. The summed E-state index contributed by atoms with van der Waals surface area (Å²) in [6.45, 7) is 8.11. The molecular weight excluding hydrogens is 374 g/mol. The minimum atomic E-state index is -0.129. The van der Waals surface area contributed by atoms with Crippen molar-refractivity contribution in [3.63, 3.8) is 0 Å². The van der Waals surface area contributed by atoms with E-state index >= 15 is 0 Å². The first-order chi connectivity index (χ1) is 13.3. The fourth-order valence-electron chi connectivity index (χ4n) is 4.45. The minimum absolute atomic E-state index is 0.129. The normalized spacial score (nSPS) is 25.3. The largest absolute Gasteiger partial charge is 0.496 e. The van der Waals surface area contributed by atoms with E-state index in [2.05, 4.69) is 24.1 Å². The lowest BCUT2D eigenvalue weighted by atomic mass is 9.80. The molecule has 1 aromatic carbocycles. The number of piperidine rings is 1. The zero-order chi connectivity index (χ0) is 20.3. The number of anilines is 1. The Morgan fingerprint density at radius 1 is 1.29 bits per heavy atom. The SMILES string of the molecule is COc1cc(N)c(Cl)cc1C(=O)N[C@@H]1CCCC[C@@H]1CN1CCC(C)(C)CC1. The van der Waals surface area contributed by atoms with Crippen LogP contribution in [0.5, 0.6) is 5.75 Å². The first-order valence-corrected chi connectivity index (χ1v) is 10.8. The molecule has 1 heterocycles. The summed E-state index contributed by atoms with van der Waals surface area (Å²) in [6.07, 6.45) is 7.10. The van der Waals surface area contributed by atoms with Gasteiger partial charge in [0, 0.05) is 18.7 Å². The number of ether oxygens (including phenoxy) is 1. The summed E-state index contributed by atoms with van der Waals surface area (Å²) in [4.78, 5) is 15.6. The average molecular weight is 408 g/mol. The van der Waals surface area contributed by atoms with Gasteiger partial charge in [0.1, 0.15) is 5.75 Å². The van der Waals surface area contributed by atoms with Gasteiger partial charge in [-0.05, 0) is 56.2 Å². The number of nitrogens with one attached hydrogen (secondary N) is 1.